The zero-order valence-corrected chi connectivity index (χ0v) is 21.6. The van der Waals surface area contributed by atoms with Gasteiger partial charge in [-0.3, -0.25) is 0 Å². The molecule has 1 aliphatic carbocycles. The Morgan fingerprint density at radius 3 is 2.66 bits per heavy atom. The highest BCUT2D eigenvalue weighted by Gasteiger charge is 2.44. The van der Waals surface area contributed by atoms with Crippen molar-refractivity contribution in [2.24, 2.45) is 13.0 Å². The van der Waals surface area contributed by atoms with Crippen LogP contribution in [0.2, 0.25) is 0 Å². The molecule has 35 heavy (non-hydrogen) atoms. The van der Waals surface area contributed by atoms with Crippen LogP contribution < -0.4 is 4.90 Å². The van der Waals surface area contributed by atoms with Crippen LogP contribution in [0.3, 0.4) is 0 Å². The molecule has 188 valence electrons. The van der Waals surface area contributed by atoms with Crippen molar-refractivity contribution in [3.63, 3.8) is 0 Å². The number of benzene rings is 1. The second kappa shape index (κ2) is 8.48. The minimum absolute atomic E-state index is 0.00356. The van der Waals surface area contributed by atoms with E-state index in [1.165, 1.54) is 6.07 Å². The van der Waals surface area contributed by atoms with Gasteiger partial charge in [-0.05, 0) is 43.2 Å². The number of rotatable bonds is 5. The molecule has 3 heterocycles. The van der Waals surface area contributed by atoms with Gasteiger partial charge in [0, 0.05) is 35.5 Å². The van der Waals surface area contributed by atoms with Gasteiger partial charge in [-0.25, -0.2) is 14.4 Å². The number of halogens is 1. The van der Waals surface area contributed by atoms with Crippen LogP contribution in [-0.4, -0.2) is 57.6 Å². The largest absolute Gasteiger partial charge is 0.783 e. The maximum absolute atomic E-state index is 14.7. The lowest BCUT2D eigenvalue weighted by Crippen LogP contribution is -2.49. The van der Waals surface area contributed by atoms with Gasteiger partial charge >= 0.3 is 0 Å². The summed E-state index contributed by atoms with van der Waals surface area (Å²) < 4.78 is 32.7. The molecule has 0 bridgehead atoms. The van der Waals surface area contributed by atoms with Gasteiger partial charge in [0.05, 0.1) is 24.8 Å². The summed E-state index contributed by atoms with van der Waals surface area (Å²) in [6, 6.07) is 5.01. The van der Waals surface area contributed by atoms with Crippen molar-refractivity contribution in [1.29, 1.82) is 0 Å². The lowest BCUT2D eigenvalue weighted by Gasteiger charge is -2.50. The fourth-order valence-corrected chi connectivity index (χ4v) is 7.19. The third-order valence-corrected chi connectivity index (χ3v) is 10.0. The molecule has 2 aromatic heterocycles. The Bertz CT molecular complexity index is 1390. The van der Waals surface area contributed by atoms with E-state index in [1.54, 1.807) is 23.9 Å². The summed E-state index contributed by atoms with van der Waals surface area (Å²) >= 11 is 0. The van der Waals surface area contributed by atoms with E-state index in [0.29, 0.717) is 66.4 Å². The second-order valence-electron chi connectivity index (χ2n) is 10.3. The average Bonchev–Trinajstić information content (AvgIpc) is 3.16. The number of aromatic hydroxyl groups is 1. The minimum atomic E-state index is -2.33. The zero-order valence-electron chi connectivity index (χ0n) is 20.8. The first-order chi connectivity index (χ1) is 16.5. The molecule has 2 aliphatic rings. The quantitative estimate of drug-likeness (QED) is 0.516. The third kappa shape index (κ3) is 3.71. The first-order valence-electron chi connectivity index (χ1n) is 12.1. The van der Waals surface area contributed by atoms with Gasteiger partial charge in [0.1, 0.15) is 11.5 Å². The van der Waals surface area contributed by atoms with Crippen LogP contribution in [0.15, 0.2) is 24.4 Å². The predicted molar refractivity (Wildman–Crippen MR) is 142 cm³/mol. The van der Waals surface area contributed by atoms with E-state index in [2.05, 4.69) is 24.6 Å². The topological polar surface area (TPSA) is 85.7 Å². The van der Waals surface area contributed by atoms with Crippen LogP contribution in [0.1, 0.15) is 38.8 Å². The summed E-state index contributed by atoms with van der Waals surface area (Å²) in [4.78, 5) is 11.9. The SMILES string of the molecule is C=S(C)(=[N-])C1(c2nc(-c3ccc(F)c4c3ccn4C)nc(N3CCOC[C@H]3C(C)C)c2O)CCC1. The van der Waals surface area contributed by atoms with Gasteiger partial charge in [0.2, 0.25) is 0 Å². The van der Waals surface area contributed by atoms with Gasteiger partial charge in [0.25, 0.3) is 0 Å². The number of aromatic nitrogens is 3. The summed E-state index contributed by atoms with van der Waals surface area (Å²) in [5.74, 6) is 4.92. The van der Waals surface area contributed by atoms with Crippen molar-refractivity contribution in [2.45, 2.75) is 43.9 Å². The molecule has 1 saturated carbocycles. The number of ether oxygens (including phenoxy) is 1. The van der Waals surface area contributed by atoms with Crippen molar-refractivity contribution in [3.05, 3.63) is 40.7 Å². The van der Waals surface area contributed by atoms with E-state index in [-0.39, 0.29) is 23.5 Å². The molecular weight excluding hydrogens is 465 g/mol. The van der Waals surface area contributed by atoms with Crippen LogP contribution in [0, 0.1) is 11.7 Å². The normalized spacial score (nSPS) is 21.8. The third-order valence-electron chi connectivity index (χ3n) is 7.73. The van der Waals surface area contributed by atoms with Crippen molar-refractivity contribution < 1.29 is 14.2 Å². The molecule has 2 atom stereocenters. The van der Waals surface area contributed by atoms with E-state index >= 15 is 0 Å². The van der Waals surface area contributed by atoms with Gasteiger partial charge in [0.15, 0.2) is 17.4 Å². The molecular formula is C26H33FN5O2S-. The summed E-state index contributed by atoms with van der Waals surface area (Å²) in [7, 11) is -0.529. The van der Waals surface area contributed by atoms with E-state index in [0.717, 1.165) is 6.42 Å². The highest BCUT2D eigenvalue weighted by atomic mass is 32.2. The summed E-state index contributed by atoms with van der Waals surface area (Å²) in [5, 5.41) is 12.3. The molecule has 2 fully saturated rings. The Morgan fingerprint density at radius 1 is 1.29 bits per heavy atom. The highest BCUT2D eigenvalue weighted by Crippen LogP contribution is 2.52. The van der Waals surface area contributed by atoms with Gasteiger partial charge in [-0.1, -0.05) is 26.1 Å². The molecule has 1 aromatic carbocycles. The van der Waals surface area contributed by atoms with Crippen LogP contribution in [0.25, 0.3) is 27.1 Å². The van der Waals surface area contributed by atoms with E-state index in [1.807, 2.05) is 12.3 Å². The van der Waals surface area contributed by atoms with Crippen LogP contribution in [0.4, 0.5) is 10.2 Å². The fraction of sp³-hybridized carbons (Fsp3) is 0.500. The summed E-state index contributed by atoms with van der Waals surface area (Å²) in [6.07, 6.45) is 5.89. The van der Waals surface area contributed by atoms with Gasteiger partial charge < -0.3 is 33.5 Å². The highest BCUT2D eigenvalue weighted by molar-refractivity contribution is 8.03. The molecule has 1 aliphatic heterocycles. The monoisotopic (exact) mass is 498 g/mol. The maximum Gasteiger partial charge on any atom is 0.181 e. The lowest BCUT2D eigenvalue weighted by atomic mass is 9.81. The summed E-state index contributed by atoms with van der Waals surface area (Å²) in [5.41, 5.74) is 1.61. The molecule has 9 heteroatoms. The smallest absolute Gasteiger partial charge is 0.181 e. The first-order valence-corrected chi connectivity index (χ1v) is 14.2. The second-order valence-corrected chi connectivity index (χ2v) is 13.2. The van der Waals surface area contributed by atoms with Crippen molar-refractivity contribution >= 4 is 32.0 Å². The number of nitrogens with zero attached hydrogens (tertiary/aromatic N) is 5. The predicted octanol–water partition coefficient (Wildman–Crippen LogP) is 4.69. The van der Waals surface area contributed by atoms with E-state index < -0.39 is 14.2 Å². The Kier molecular flexibility index (Phi) is 5.83. The fourth-order valence-electron chi connectivity index (χ4n) is 5.47. The maximum atomic E-state index is 14.7. The molecule has 1 saturated heterocycles. The number of anilines is 1. The molecule has 5 rings (SSSR count). The van der Waals surface area contributed by atoms with Gasteiger partial charge in [-0.2, -0.15) is 0 Å². The summed E-state index contributed by atoms with van der Waals surface area (Å²) in [6.45, 7) is 5.89. The first kappa shape index (κ1) is 24.1. The van der Waals surface area contributed by atoms with Crippen molar-refractivity contribution in [3.8, 4) is 17.1 Å². The molecule has 0 spiro atoms. The van der Waals surface area contributed by atoms with Crippen LogP contribution in [0.5, 0.6) is 5.75 Å². The van der Waals surface area contributed by atoms with Crippen molar-refractivity contribution in [1.82, 2.24) is 14.5 Å². The zero-order chi connectivity index (χ0) is 25.1. The molecule has 0 amide bonds. The van der Waals surface area contributed by atoms with E-state index in [9.17, 15) is 14.3 Å². The minimum Gasteiger partial charge on any atom is -0.783 e. The molecule has 1 N–H and O–H groups in total. The molecule has 3 aromatic rings. The standard InChI is InChI=1S/C26H33FN5O2S/c1-16(2)20-15-34-14-13-32(20)25-22(33)23(26(10-6-11-26)35(4,5)28)29-24(30-25)18-7-8-19(27)21-17(18)9-12-31(21)3/h7-9,12,16,20,33H,4,6,10-11,13-15H2,1-3,5H3/q-1/t20-,35?/m0/s1. The number of hydrogen-bond acceptors (Lipinski definition) is 5. The Hall–Kier alpha value is -2.65. The number of fused-ring (bicyclic) bond motifs is 1. The van der Waals surface area contributed by atoms with E-state index in [4.69, 9.17) is 14.7 Å². The molecule has 0 radical (unpaired) electrons. The van der Waals surface area contributed by atoms with Crippen molar-refractivity contribution in [2.75, 3.05) is 30.9 Å². The molecule has 7 nitrogen and oxygen atoms in total. The Balaban J connectivity index is 1.80. The number of morpholine rings is 1. The number of hydrogen-bond donors (Lipinski definition) is 1. The van der Waals surface area contributed by atoms with Gasteiger partial charge in [-0.15, -0.1) is 0 Å². The molecule has 1 unspecified atom stereocenters. The number of aryl methyl sites for hydroxylation is 1. The Morgan fingerprint density at radius 2 is 2.03 bits per heavy atom. The average molecular weight is 499 g/mol. The lowest BCUT2D eigenvalue weighted by molar-refractivity contribution is 0.0799. The Labute approximate surface area is 206 Å². The van der Waals surface area contributed by atoms with Crippen LogP contribution >= 0.6 is 0 Å². The van der Waals surface area contributed by atoms with Crippen LogP contribution in [-0.2, 0) is 25.9 Å².